The highest BCUT2D eigenvalue weighted by molar-refractivity contribution is 6.32. The molecule has 0 aromatic carbocycles. The molecule has 1 aliphatic carbocycles. The van der Waals surface area contributed by atoms with Gasteiger partial charge in [-0.1, -0.05) is 18.5 Å². The molecule has 2 N–H and O–H groups in total. The van der Waals surface area contributed by atoms with Gasteiger partial charge in [-0.15, -0.1) is 0 Å². The number of nitrogens with zero attached hydrogens (tertiary/aromatic N) is 2. The highest BCUT2D eigenvalue weighted by Crippen LogP contribution is 2.28. The van der Waals surface area contributed by atoms with Crippen molar-refractivity contribution in [3.8, 4) is 0 Å². The van der Waals surface area contributed by atoms with Crippen LogP contribution in [0.15, 0.2) is 0 Å². The van der Waals surface area contributed by atoms with E-state index < -0.39 is 0 Å². The average Bonchev–Trinajstić information content (AvgIpc) is 2.95. The Morgan fingerprint density at radius 2 is 2.21 bits per heavy atom. The summed E-state index contributed by atoms with van der Waals surface area (Å²) in [6.07, 6.45) is 3.87. The molecule has 5 heteroatoms. The van der Waals surface area contributed by atoms with Gasteiger partial charge < -0.3 is 5.73 Å². The van der Waals surface area contributed by atoms with Crippen molar-refractivity contribution < 1.29 is 4.79 Å². The fourth-order valence-electron chi connectivity index (χ4n) is 2.80. The Bertz CT molecular complexity index is 470. The smallest absolute Gasteiger partial charge is 0.142 e. The highest BCUT2D eigenvalue weighted by atomic mass is 35.5. The molecule has 19 heavy (non-hydrogen) atoms. The Morgan fingerprint density at radius 1 is 1.47 bits per heavy atom. The standard InChI is InChI=1S/C14H22ClN3O/c1-3-11-14(15)12(18(4-2)17-11)8-13(19)9-5-6-10(16)7-9/h9-10H,3-8,16H2,1-2H3. The van der Waals surface area contributed by atoms with Crippen LogP contribution in [0, 0.1) is 5.92 Å². The summed E-state index contributed by atoms with van der Waals surface area (Å²) in [7, 11) is 0. The molecule has 1 heterocycles. The van der Waals surface area contributed by atoms with Crippen LogP contribution in [0.3, 0.4) is 0 Å². The number of nitrogens with two attached hydrogens (primary N) is 1. The second-order valence-corrected chi connectivity index (χ2v) is 5.67. The summed E-state index contributed by atoms with van der Waals surface area (Å²) < 4.78 is 1.86. The van der Waals surface area contributed by atoms with Crippen molar-refractivity contribution in [2.24, 2.45) is 11.7 Å². The first-order valence-electron chi connectivity index (χ1n) is 7.09. The number of hydrogen-bond donors (Lipinski definition) is 1. The van der Waals surface area contributed by atoms with E-state index in [1.165, 1.54) is 0 Å². The molecule has 2 atom stereocenters. The van der Waals surface area contributed by atoms with E-state index in [0.717, 1.165) is 43.6 Å². The minimum Gasteiger partial charge on any atom is -0.328 e. The number of Topliss-reactive ketones (excluding diaryl/α,β-unsaturated/α-hetero) is 1. The monoisotopic (exact) mass is 283 g/mol. The predicted molar refractivity (Wildman–Crippen MR) is 76.3 cm³/mol. The Morgan fingerprint density at radius 3 is 2.74 bits per heavy atom. The van der Waals surface area contributed by atoms with Gasteiger partial charge in [-0.2, -0.15) is 5.10 Å². The van der Waals surface area contributed by atoms with E-state index in [2.05, 4.69) is 5.10 Å². The van der Waals surface area contributed by atoms with Crippen LogP contribution in [0.1, 0.15) is 44.5 Å². The van der Waals surface area contributed by atoms with Crippen LogP contribution in [0.5, 0.6) is 0 Å². The maximum Gasteiger partial charge on any atom is 0.142 e. The minimum atomic E-state index is 0.108. The van der Waals surface area contributed by atoms with E-state index in [1.54, 1.807) is 0 Å². The maximum absolute atomic E-state index is 12.3. The van der Waals surface area contributed by atoms with Crippen molar-refractivity contribution >= 4 is 17.4 Å². The molecule has 0 amide bonds. The Hall–Kier alpha value is -0.870. The first kappa shape index (κ1) is 14.5. The second kappa shape index (κ2) is 6.06. The zero-order chi connectivity index (χ0) is 14.0. The molecule has 1 aromatic rings. The fraction of sp³-hybridized carbons (Fsp3) is 0.714. The quantitative estimate of drug-likeness (QED) is 0.902. The van der Waals surface area contributed by atoms with E-state index in [4.69, 9.17) is 17.3 Å². The van der Waals surface area contributed by atoms with Crippen LogP contribution in [-0.4, -0.2) is 21.6 Å². The normalized spacial score (nSPS) is 22.9. The lowest BCUT2D eigenvalue weighted by molar-refractivity contribution is -0.122. The van der Waals surface area contributed by atoms with Crippen molar-refractivity contribution in [3.63, 3.8) is 0 Å². The van der Waals surface area contributed by atoms with E-state index in [9.17, 15) is 4.79 Å². The topological polar surface area (TPSA) is 60.9 Å². The molecule has 0 bridgehead atoms. The fourth-order valence-corrected chi connectivity index (χ4v) is 3.14. The molecule has 2 rings (SSSR count). The van der Waals surface area contributed by atoms with E-state index >= 15 is 0 Å². The third-order valence-electron chi connectivity index (χ3n) is 3.96. The SMILES string of the molecule is CCc1nn(CC)c(CC(=O)C2CCC(N)C2)c1Cl. The van der Waals surface area contributed by atoms with Crippen LogP contribution < -0.4 is 5.73 Å². The number of carbonyl (C=O) groups is 1. The summed E-state index contributed by atoms with van der Waals surface area (Å²) in [5, 5.41) is 5.12. The Kier molecular flexibility index (Phi) is 4.63. The van der Waals surface area contributed by atoms with Gasteiger partial charge in [-0.3, -0.25) is 9.48 Å². The van der Waals surface area contributed by atoms with Crippen LogP contribution in [0.4, 0.5) is 0 Å². The number of ketones is 1. The molecule has 1 saturated carbocycles. The molecular formula is C14H22ClN3O. The van der Waals surface area contributed by atoms with Crippen LogP contribution in [-0.2, 0) is 24.2 Å². The lowest BCUT2D eigenvalue weighted by Crippen LogP contribution is -2.20. The van der Waals surface area contributed by atoms with Crippen LogP contribution >= 0.6 is 11.6 Å². The largest absolute Gasteiger partial charge is 0.328 e. The van der Waals surface area contributed by atoms with Gasteiger partial charge in [0.15, 0.2) is 0 Å². The molecule has 4 nitrogen and oxygen atoms in total. The number of aryl methyl sites for hydroxylation is 2. The van der Waals surface area contributed by atoms with E-state index in [-0.39, 0.29) is 17.7 Å². The molecule has 0 aliphatic heterocycles. The Balaban J connectivity index is 2.14. The number of aromatic nitrogens is 2. The lowest BCUT2D eigenvalue weighted by Gasteiger charge is -2.10. The zero-order valence-corrected chi connectivity index (χ0v) is 12.4. The summed E-state index contributed by atoms with van der Waals surface area (Å²) in [5.41, 5.74) is 7.62. The lowest BCUT2D eigenvalue weighted by atomic mass is 9.98. The van der Waals surface area contributed by atoms with Crippen molar-refractivity contribution in [2.75, 3.05) is 0 Å². The molecule has 0 saturated heterocycles. The maximum atomic E-state index is 12.3. The van der Waals surface area contributed by atoms with Gasteiger partial charge in [0.25, 0.3) is 0 Å². The van der Waals surface area contributed by atoms with Crippen molar-refractivity contribution in [3.05, 3.63) is 16.4 Å². The van der Waals surface area contributed by atoms with Gasteiger partial charge in [-0.05, 0) is 32.6 Å². The second-order valence-electron chi connectivity index (χ2n) is 5.29. The minimum absolute atomic E-state index is 0.108. The van der Waals surface area contributed by atoms with Gasteiger partial charge in [0.2, 0.25) is 0 Å². The number of rotatable bonds is 5. The van der Waals surface area contributed by atoms with Crippen molar-refractivity contribution in [1.82, 2.24) is 9.78 Å². The molecule has 1 fully saturated rings. The zero-order valence-electron chi connectivity index (χ0n) is 11.7. The van der Waals surface area contributed by atoms with Crippen LogP contribution in [0.2, 0.25) is 5.02 Å². The first-order valence-corrected chi connectivity index (χ1v) is 7.46. The Labute approximate surface area is 119 Å². The molecule has 0 radical (unpaired) electrons. The van der Waals surface area contributed by atoms with Crippen molar-refractivity contribution in [2.45, 2.75) is 58.5 Å². The van der Waals surface area contributed by atoms with Gasteiger partial charge in [0, 0.05) is 18.5 Å². The van der Waals surface area contributed by atoms with Gasteiger partial charge in [0.05, 0.1) is 22.8 Å². The third-order valence-corrected chi connectivity index (χ3v) is 4.40. The highest BCUT2D eigenvalue weighted by Gasteiger charge is 2.29. The van der Waals surface area contributed by atoms with E-state index in [0.29, 0.717) is 11.4 Å². The van der Waals surface area contributed by atoms with Gasteiger partial charge in [0.1, 0.15) is 5.78 Å². The molecule has 1 aromatic heterocycles. The summed E-state index contributed by atoms with van der Waals surface area (Å²) in [6, 6.07) is 0.187. The first-order chi connectivity index (χ1) is 9.06. The summed E-state index contributed by atoms with van der Waals surface area (Å²) >= 11 is 6.33. The summed E-state index contributed by atoms with van der Waals surface area (Å²) in [5.74, 6) is 0.364. The number of carbonyl (C=O) groups excluding carboxylic acids is 1. The average molecular weight is 284 g/mol. The third kappa shape index (κ3) is 3.00. The summed E-state index contributed by atoms with van der Waals surface area (Å²) in [6.45, 7) is 4.78. The molecular weight excluding hydrogens is 262 g/mol. The van der Waals surface area contributed by atoms with E-state index in [1.807, 2.05) is 18.5 Å². The van der Waals surface area contributed by atoms with Crippen LogP contribution in [0.25, 0.3) is 0 Å². The number of halogens is 1. The molecule has 2 unspecified atom stereocenters. The molecule has 106 valence electrons. The molecule has 0 spiro atoms. The number of hydrogen-bond acceptors (Lipinski definition) is 3. The predicted octanol–water partition coefficient (Wildman–Crippen LogP) is 2.36. The van der Waals surface area contributed by atoms with Crippen molar-refractivity contribution in [1.29, 1.82) is 0 Å². The van der Waals surface area contributed by atoms with Gasteiger partial charge >= 0.3 is 0 Å². The molecule has 1 aliphatic rings. The summed E-state index contributed by atoms with van der Waals surface area (Å²) in [4.78, 5) is 12.3. The van der Waals surface area contributed by atoms with Gasteiger partial charge in [-0.25, -0.2) is 0 Å².